The molecule has 0 heterocycles. The topological polar surface area (TPSA) is 39.7 Å². The number of methoxy groups -OCH3 is 1. The summed E-state index contributed by atoms with van der Waals surface area (Å²) in [5.41, 5.74) is 1.04. The SMILES string of the molecule is COCCNCc1cccc(Cl)c1OCCOC(C)C. The van der Waals surface area contributed by atoms with Crippen molar-refractivity contribution in [3.8, 4) is 5.75 Å². The molecule has 0 atom stereocenters. The Morgan fingerprint density at radius 3 is 2.70 bits per heavy atom. The molecule has 0 saturated heterocycles. The Kier molecular flexibility index (Phi) is 8.62. The monoisotopic (exact) mass is 301 g/mol. The molecule has 1 aromatic rings. The predicted octanol–water partition coefficient (Wildman–Crippen LogP) is 2.88. The summed E-state index contributed by atoms with van der Waals surface area (Å²) in [4.78, 5) is 0. The van der Waals surface area contributed by atoms with Gasteiger partial charge >= 0.3 is 0 Å². The summed E-state index contributed by atoms with van der Waals surface area (Å²) in [6.45, 7) is 7.22. The Hall–Kier alpha value is -0.810. The van der Waals surface area contributed by atoms with Gasteiger partial charge in [-0.05, 0) is 19.9 Å². The highest BCUT2D eigenvalue weighted by Gasteiger charge is 2.08. The second kappa shape index (κ2) is 10.00. The van der Waals surface area contributed by atoms with Gasteiger partial charge in [-0.2, -0.15) is 0 Å². The van der Waals surface area contributed by atoms with Gasteiger partial charge < -0.3 is 19.5 Å². The molecule has 4 nitrogen and oxygen atoms in total. The summed E-state index contributed by atoms with van der Waals surface area (Å²) >= 11 is 6.19. The predicted molar refractivity (Wildman–Crippen MR) is 81.6 cm³/mol. The van der Waals surface area contributed by atoms with E-state index in [0.717, 1.165) is 17.9 Å². The summed E-state index contributed by atoms with van der Waals surface area (Å²) < 4.78 is 16.2. The lowest BCUT2D eigenvalue weighted by Gasteiger charge is -2.14. The van der Waals surface area contributed by atoms with Crippen LogP contribution in [0.2, 0.25) is 5.02 Å². The number of rotatable bonds is 10. The lowest BCUT2D eigenvalue weighted by molar-refractivity contribution is 0.0550. The Bertz CT molecular complexity index is 385. The average Bonchev–Trinajstić information content (AvgIpc) is 2.41. The maximum Gasteiger partial charge on any atom is 0.142 e. The average molecular weight is 302 g/mol. The van der Waals surface area contributed by atoms with Crippen molar-refractivity contribution in [2.75, 3.05) is 33.5 Å². The first-order valence-corrected chi connectivity index (χ1v) is 7.24. The highest BCUT2D eigenvalue weighted by atomic mass is 35.5. The van der Waals surface area contributed by atoms with Crippen molar-refractivity contribution in [1.82, 2.24) is 5.32 Å². The van der Waals surface area contributed by atoms with Gasteiger partial charge in [-0.3, -0.25) is 0 Å². The Balaban J connectivity index is 2.49. The molecule has 114 valence electrons. The molecule has 0 bridgehead atoms. The number of hydrogen-bond donors (Lipinski definition) is 1. The number of hydrogen-bond acceptors (Lipinski definition) is 4. The van der Waals surface area contributed by atoms with Crippen LogP contribution in [0.3, 0.4) is 0 Å². The van der Waals surface area contributed by atoms with E-state index in [4.69, 9.17) is 25.8 Å². The number of ether oxygens (including phenoxy) is 3. The van der Waals surface area contributed by atoms with E-state index in [1.165, 1.54) is 0 Å². The zero-order valence-corrected chi connectivity index (χ0v) is 13.2. The van der Waals surface area contributed by atoms with Crippen molar-refractivity contribution in [3.05, 3.63) is 28.8 Å². The zero-order chi connectivity index (χ0) is 14.8. The van der Waals surface area contributed by atoms with Gasteiger partial charge in [-0.25, -0.2) is 0 Å². The third kappa shape index (κ3) is 6.57. The number of para-hydroxylation sites is 1. The number of benzene rings is 1. The standard InChI is InChI=1S/C15H24ClNO3/c1-12(2)19-9-10-20-15-13(5-4-6-14(15)16)11-17-7-8-18-3/h4-6,12,17H,7-11H2,1-3H3. The Labute approximate surface area is 126 Å². The van der Waals surface area contributed by atoms with Crippen LogP contribution in [0.15, 0.2) is 18.2 Å². The molecule has 0 fully saturated rings. The van der Waals surface area contributed by atoms with Crippen molar-refractivity contribution in [3.63, 3.8) is 0 Å². The highest BCUT2D eigenvalue weighted by molar-refractivity contribution is 6.32. The molecule has 0 aliphatic rings. The molecular weight excluding hydrogens is 278 g/mol. The number of nitrogens with one attached hydrogen (secondary N) is 1. The molecular formula is C15H24ClNO3. The second-order valence-electron chi connectivity index (χ2n) is 4.67. The van der Waals surface area contributed by atoms with Crippen molar-refractivity contribution < 1.29 is 14.2 Å². The van der Waals surface area contributed by atoms with E-state index < -0.39 is 0 Å². The molecule has 0 aliphatic carbocycles. The molecule has 0 aromatic heterocycles. The quantitative estimate of drug-likeness (QED) is 0.675. The van der Waals surface area contributed by atoms with E-state index in [0.29, 0.717) is 31.4 Å². The van der Waals surface area contributed by atoms with Crippen molar-refractivity contribution in [1.29, 1.82) is 0 Å². The molecule has 0 saturated carbocycles. The lowest BCUT2D eigenvalue weighted by atomic mass is 10.2. The van der Waals surface area contributed by atoms with Gasteiger partial charge in [0.2, 0.25) is 0 Å². The largest absolute Gasteiger partial charge is 0.489 e. The number of halogens is 1. The molecule has 0 spiro atoms. The van der Waals surface area contributed by atoms with E-state index in [-0.39, 0.29) is 6.10 Å². The molecule has 0 amide bonds. The molecule has 0 radical (unpaired) electrons. The molecule has 1 N–H and O–H groups in total. The fraction of sp³-hybridized carbons (Fsp3) is 0.600. The summed E-state index contributed by atoms with van der Waals surface area (Å²) in [5, 5.41) is 3.91. The third-order valence-electron chi connectivity index (χ3n) is 2.63. The van der Waals surface area contributed by atoms with E-state index in [2.05, 4.69) is 5.32 Å². The Morgan fingerprint density at radius 1 is 1.20 bits per heavy atom. The van der Waals surface area contributed by atoms with Gasteiger partial charge in [0, 0.05) is 25.8 Å². The summed E-state index contributed by atoms with van der Waals surface area (Å²) in [5.74, 6) is 0.728. The normalized spacial score (nSPS) is 11.1. The van der Waals surface area contributed by atoms with Crippen LogP contribution >= 0.6 is 11.6 Å². The summed E-state index contributed by atoms with van der Waals surface area (Å²) in [7, 11) is 1.68. The van der Waals surface area contributed by atoms with E-state index in [9.17, 15) is 0 Å². The maximum absolute atomic E-state index is 6.19. The van der Waals surface area contributed by atoms with Crippen LogP contribution in [0, 0.1) is 0 Å². The van der Waals surface area contributed by atoms with E-state index in [1.807, 2.05) is 32.0 Å². The fourth-order valence-corrected chi connectivity index (χ4v) is 1.93. The first kappa shape index (κ1) is 17.2. The highest BCUT2D eigenvalue weighted by Crippen LogP contribution is 2.28. The Morgan fingerprint density at radius 2 is 2.00 bits per heavy atom. The van der Waals surface area contributed by atoms with Gasteiger partial charge in [-0.1, -0.05) is 23.7 Å². The summed E-state index contributed by atoms with van der Waals surface area (Å²) in [6.07, 6.45) is 0.208. The molecule has 5 heteroatoms. The first-order chi connectivity index (χ1) is 9.65. The van der Waals surface area contributed by atoms with Crippen LogP contribution in [-0.4, -0.2) is 39.6 Å². The molecule has 20 heavy (non-hydrogen) atoms. The third-order valence-corrected chi connectivity index (χ3v) is 2.93. The minimum atomic E-state index is 0.208. The van der Waals surface area contributed by atoms with Gasteiger partial charge in [0.15, 0.2) is 0 Å². The summed E-state index contributed by atoms with van der Waals surface area (Å²) in [6, 6.07) is 5.76. The smallest absolute Gasteiger partial charge is 0.142 e. The van der Waals surface area contributed by atoms with E-state index in [1.54, 1.807) is 7.11 Å². The van der Waals surface area contributed by atoms with Crippen LogP contribution in [0.4, 0.5) is 0 Å². The van der Waals surface area contributed by atoms with Crippen molar-refractivity contribution >= 4 is 11.6 Å². The van der Waals surface area contributed by atoms with Crippen LogP contribution in [0.1, 0.15) is 19.4 Å². The van der Waals surface area contributed by atoms with E-state index >= 15 is 0 Å². The molecule has 1 rings (SSSR count). The maximum atomic E-state index is 6.19. The minimum absolute atomic E-state index is 0.208. The van der Waals surface area contributed by atoms with Crippen LogP contribution < -0.4 is 10.1 Å². The van der Waals surface area contributed by atoms with Gasteiger partial charge in [-0.15, -0.1) is 0 Å². The lowest BCUT2D eigenvalue weighted by Crippen LogP contribution is -2.19. The minimum Gasteiger partial charge on any atom is -0.489 e. The van der Waals surface area contributed by atoms with Gasteiger partial charge in [0.05, 0.1) is 24.3 Å². The zero-order valence-electron chi connectivity index (χ0n) is 12.4. The van der Waals surface area contributed by atoms with Crippen LogP contribution in [-0.2, 0) is 16.0 Å². The van der Waals surface area contributed by atoms with Gasteiger partial charge in [0.1, 0.15) is 12.4 Å². The van der Waals surface area contributed by atoms with Gasteiger partial charge in [0.25, 0.3) is 0 Å². The fourth-order valence-electron chi connectivity index (χ4n) is 1.68. The van der Waals surface area contributed by atoms with Crippen LogP contribution in [0.25, 0.3) is 0 Å². The second-order valence-corrected chi connectivity index (χ2v) is 5.07. The van der Waals surface area contributed by atoms with Crippen LogP contribution in [0.5, 0.6) is 5.75 Å². The molecule has 1 aromatic carbocycles. The molecule has 0 unspecified atom stereocenters. The molecule has 0 aliphatic heterocycles. The van der Waals surface area contributed by atoms with Crippen molar-refractivity contribution in [2.45, 2.75) is 26.5 Å². The first-order valence-electron chi connectivity index (χ1n) is 6.86. The van der Waals surface area contributed by atoms with Crippen molar-refractivity contribution in [2.24, 2.45) is 0 Å².